The molecule has 1 amide bonds. The predicted molar refractivity (Wildman–Crippen MR) is 126 cm³/mol. The molecule has 0 saturated carbocycles. The fraction of sp³-hybridized carbons (Fsp3) is 0.400. The number of guanidine groups is 1. The van der Waals surface area contributed by atoms with E-state index in [2.05, 4.69) is 21.2 Å². The molecule has 1 N–H and O–H groups in total. The number of anilines is 1. The van der Waals surface area contributed by atoms with Gasteiger partial charge in [0, 0.05) is 37.9 Å². The molecule has 2 aliphatic rings. The smallest absolute Gasteiger partial charge is 0.321 e. The van der Waals surface area contributed by atoms with Gasteiger partial charge in [-0.25, -0.2) is 4.99 Å². The first-order chi connectivity index (χ1) is 16.0. The second kappa shape index (κ2) is 9.94. The minimum atomic E-state index is -1.01. The van der Waals surface area contributed by atoms with Crippen molar-refractivity contribution >= 4 is 23.5 Å². The van der Waals surface area contributed by atoms with E-state index in [1.807, 2.05) is 49.4 Å². The number of benzene rings is 2. The van der Waals surface area contributed by atoms with E-state index < -0.39 is 17.9 Å². The van der Waals surface area contributed by atoms with Crippen molar-refractivity contribution in [3.8, 4) is 5.75 Å². The van der Waals surface area contributed by atoms with E-state index in [1.54, 1.807) is 14.0 Å². The summed E-state index contributed by atoms with van der Waals surface area (Å²) in [4.78, 5) is 34.9. The summed E-state index contributed by atoms with van der Waals surface area (Å²) >= 11 is 0. The Labute approximate surface area is 194 Å². The summed E-state index contributed by atoms with van der Waals surface area (Å²) in [5.41, 5.74) is 2.98. The number of carbonyl (C=O) groups excluding carboxylic acids is 2. The van der Waals surface area contributed by atoms with Crippen molar-refractivity contribution in [1.82, 2.24) is 10.2 Å². The molecule has 4 rings (SSSR count). The van der Waals surface area contributed by atoms with Crippen molar-refractivity contribution in [1.29, 1.82) is 0 Å². The van der Waals surface area contributed by atoms with Gasteiger partial charge in [-0.15, -0.1) is 0 Å². The Kier molecular flexibility index (Phi) is 6.82. The molecule has 0 radical (unpaired) electrons. The van der Waals surface area contributed by atoms with Crippen LogP contribution in [-0.4, -0.2) is 62.6 Å². The van der Waals surface area contributed by atoms with Crippen molar-refractivity contribution in [2.45, 2.75) is 19.9 Å². The van der Waals surface area contributed by atoms with Crippen LogP contribution in [0.1, 0.15) is 24.1 Å². The van der Waals surface area contributed by atoms with Crippen LogP contribution in [0.25, 0.3) is 0 Å². The summed E-state index contributed by atoms with van der Waals surface area (Å²) in [6.07, 6.45) is 0. The molecule has 1 fully saturated rings. The van der Waals surface area contributed by atoms with Crippen LogP contribution in [0.4, 0.5) is 5.69 Å². The molecular formula is C25H30N4O4. The SMILES string of the molecule is CCOC(=O)[C@@H]1C(=O)NC(N2CCN(c3cccc(OC)c3)CC2)=N[C@@H]1c1cccc(C)c1. The number of nitrogens with one attached hydrogen (secondary N) is 1. The number of rotatable bonds is 5. The van der Waals surface area contributed by atoms with Gasteiger partial charge in [0.1, 0.15) is 11.8 Å². The van der Waals surface area contributed by atoms with Gasteiger partial charge in [0.25, 0.3) is 0 Å². The lowest BCUT2D eigenvalue weighted by Crippen LogP contribution is -2.57. The summed E-state index contributed by atoms with van der Waals surface area (Å²) in [5, 5.41) is 2.86. The molecule has 0 bridgehead atoms. The Morgan fingerprint density at radius 1 is 1.09 bits per heavy atom. The molecular weight excluding hydrogens is 420 g/mol. The molecule has 1 saturated heterocycles. The van der Waals surface area contributed by atoms with E-state index in [4.69, 9.17) is 14.5 Å². The molecule has 8 heteroatoms. The number of carbonyl (C=O) groups is 2. The van der Waals surface area contributed by atoms with Gasteiger partial charge < -0.3 is 19.3 Å². The lowest BCUT2D eigenvalue weighted by atomic mass is 9.90. The maximum atomic E-state index is 13.0. The standard InChI is InChI=1S/C25H30N4O4/c1-4-33-24(31)21-22(18-8-5-7-17(2)15-18)26-25(27-23(21)30)29-13-11-28(12-14-29)19-9-6-10-20(16-19)32-3/h5-10,15-16,21-22H,4,11-14H2,1-3H3,(H,26,27,30)/t21-,22+/m0/s1. The quantitative estimate of drug-likeness (QED) is 0.557. The van der Waals surface area contributed by atoms with Crippen LogP contribution < -0.4 is 15.0 Å². The van der Waals surface area contributed by atoms with Gasteiger partial charge in [-0.05, 0) is 31.5 Å². The van der Waals surface area contributed by atoms with Crippen molar-refractivity contribution in [3.05, 3.63) is 59.7 Å². The van der Waals surface area contributed by atoms with E-state index in [-0.39, 0.29) is 12.5 Å². The molecule has 0 unspecified atom stereocenters. The zero-order valence-electron chi connectivity index (χ0n) is 19.3. The zero-order valence-corrected chi connectivity index (χ0v) is 19.3. The van der Waals surface area contributed by atoms with Crippen molar-refractivity contribution in [2.75, 3.05) is 44.8 Å². The Morgan fingerprint density at radius 3 is 2.52 bits per heavy atom. The highest BCUT2D eigenvalue weighted by molar-refractivity contribution is 6.08. The van der Waals surface area contributed by atoms with E-state index >= 15 is 0 Å². The Balaban J connectivity index is 1.55. The minimum Gasteiger partial charge on any atom is -0.497 e. The predicted octanol–water partition coefficient (Wildman–Crippen LogP) is 2.53. The molecule has 2 aromatic rings. The molecule has 2 aliphatic heterocycles. The fourth-order valence-electron chi connectivity index (χ4n) is 4.30. The molecule has 2 atom stereocenters. The van der Waals surface area contributed by atoms with E-state index in [0.29, 0.717) is 19.0 Å². The highest BCUT2D eigenvalue weighted by Gasteiger charge is 2.42. The number of ether oxygens (including phenoxy) is 2. The second-order valence-electron chi connectivity index (χ2n) is 8.21. The third kappa shape index (κ3) is 4.94. The third-order valence-corrected chi connectivity index (χ3v) is 6.02. The van der Waals surface area contributed by atoms with Crippen molar-refractivity contribution in [2.24, 2.45) is 10.9 Å². The van der Waals surface area contributed by atoms with Crippen LogP contribution in [0.15, 0.2) is 53.5 Å². The van der Waals surface area contributed by atoms with Gasteiger partial charge in [0.2, 0.25) is 11.9 Å². The molecule has 0 spiro atoms. The van der Waals surface area contributed by atoms with Crippen molar-refractivity contribution in [3.63, 3.8) is 0 Å². The number of hydrogen-bond acceptors (Lipinski definition) is 7. The summed E-state index contributed by atoms with van der Waals surface area (Å²) in [6, 6.07) is 15.1. The fourth-order valence-corrected chi connectivity index (χ4v) is 4.30. The summed E-state index contributed by atoms with van der Waals surface area (Å²) in [5.74, 6) is -0.594. The molecule has 0 aliphatic carbocycles. The number of methoxy groups -OCH3 is 1. The van der Waals surface area contributed by atoms with E-state index in [9.17, 15) is 9.59 Å². The Bertz CT molecular complexity index is 1050. The minimum absolute atomic E-state index is 0.214. The van der Waals surface area contributed by atoms with Gasteiger partial charge in [-0.3, -0.25) is 14.9 Å². The van der Waals surface area contributed by atoms with Crippen LogP contribution in [0.3, 0.4) is 0 Å². The topological polar surface area (TPSA) is 83.5 Å². The summed E-state index contributed by atoms with van der Waals surface area (Å²) in [7, 11) is 1.66. The van der Waals surface area contributed by atoms with E-state index in [1.165, 1.54) is 0 Å². The van der Waals surface area contributed by atoms with Crippen LogP contribution in [-0.2, 0) is 14.3 Å². The average Bonchev–Trinajstić information content (AvgIpc) is 2.83. The Morgan fingerprint density at radius 2 is 1.82 bits per heavy atom. The monoisotopic (exact) mass is 450 g/mol. The Hall–Kier alpha value is -3.55. The van der Waals surface area contributed by atoms with Crippen LogP contribution in [0.5, 0.6) is 5.75 Å². The summed E-state index contributed by atoms with van der Waals surface area (Å²) < 4.78 is 10.5. The first-order valence-electron chi connectivity index (χ1n) is 11.3. The van der Waals surface area contributed by atoms with Gasteiger partial charge in [-0.2, -0.15) is 0 Å². The van der Waals surface area contributed by atoms with Crippen LogP contribution in [0, 0.1) is 12.8 Å². The van der Waals surface area contributed by atoms with Gasteiger partial charge in [0.15, 0.2) is 5.92 Å². The number of esters is 1. The average molecular weight is 451 g/mol. The van der Waals surface area contributed by atoms with E-state index in [0.717, 1.165) is 35.7 Å². The molecule has 2 heterocycles. The van der Waals surface area contributed by atoms with Gasteiger partial charge in [0.05, 0.1) is 13.7 Å². The normalized spacial score (nSPS) is 20.7. The number of aliphatic imine (C=N–C) groups is 1. The number of hydrogen-bond donors (Lipinski definition) is 1. The molecule has 2 aromatic carbocycles. The number of amides is 1. The maximum Gasteiger partial charge on any atom is 0.321 e. The second-order valence-corrected chi connectivity index (χ2v) is 8.21. The highest BCUT2D eigenvalue weighted by Crippen LogP contribution is 2.31. The summed E-state index contributed by atoms with van der Waals surface area (Å²) in [6.45, 7) is 6.87. The first-order valence-corrected chi connectivity index (χ1v) is 11.3. The van der Waals surface area contributed by atoms with Gasteiger partial charge in [-0.1, -0.05) is 35.9 Å². The largest absolute Gasteiger partial charge is 0.497 e. The molecule has 174 valence electrons. The number of piperazine rings is 1. The molecule has 33 heavy (non-hydrogen) atoms. The maximum absolute atomic E-state index is 13.0. The zero-order chi connectivity index (χ0) is 23.4. The van der Waals surface area contributed by atoms with Crippen molar-refractivity contribution < 1.29 is 19.1 Å². The first kappa shape index (κ1) is 22.6. The molecule has 0 aromatic heterocycles. The lowest BCUT2D eigenvalue weighted by Gasteiger charge is -2.39. The number of nitrogens with zero attached hydrogens (tertiary/aromatic N) is 3. The van der Waals surface area contributed by atoms with Gasteiger partial charge >= 0.3 is 5.97 Å². The third-order valence-electron chi connectivity index (χ3n) is 6.02. The molecule has 8 nitrogen and oxygen atoms in total. The van der Waals surface area contributed by atoms with Crippen LogP contribution >= 0.6 is 0 Å². The lowest BCUT2D eigenvalue weighted by molar-refractivity contribution is -0.153. The van der Waals surface area contributed by atoms with Crippen LogP contribution in [0.2, 0.25) is 0 Å². The number of aryl methyl sites for hydroxylation is 1. The highest BCUT2D eigenvalue weighted by atomic mass is 16.5.